The van der Waals surface area contributed by atoms with Crippen molar-refractivity contribution in [1.29, 1.82) is 5.26 Å². The monoisotopic (exact) mass is 664 g/mol. The summed E-state index contributed by atoms with van der Waals surface area (Å²) in [6.07, 6.45) is 6.37. The molecule has 2 aliphatic rings. The van der Waals surface area contributed by atoms with Crippen molar-refractivity contribution in [2.45, 2.75) is 86.4 Å². The van der Waals surface area contributed by atoms with E-state index in [1.807, 2.05) is 63.9 Å². The quantitative estimate of drug-likeness (QED) is 0.186. The highest BCUT2D eigenvalue weighted by atomic mass is 16.5. The Bertz CT molecular complexity index is 1830. The third-order valence-corrected chi connectivity index (χ3v) is 10.0. The van der Waals surface area contributed by atoms with Crippen LogP contribution in [0.5, 0.6) is 11.5 Å². The van der Waals surface area contributed by atoms with Gasteiger partial charge in [0.15, 0.2) is 11.5 Å². The standard InChI is InChI=1S/C41H52N4O4/c1-26(2)38-34-12-10-11-30(33(34)17-20-45(38)40(47)31(23-42)22-41(5,6)7)24-44-18-15-32(16-19-44)49-36-14-13-29(21-37(36)48-9)35-25-43(8)39(46)28(4)27(35)3/h10-14,21-22,25-26,32,38H,15-20,24H2,1-9H3. The largest absolute Gasteiger partial charge is 0.493 e. The number of rotatable bonds is 8. The average Bonchev–Trinajstić information content (AvgIpc) is 3.07. The van der Waals surface area contributed by atoms with E-state index in [0.29, 0.717) is 12.3 Å². The number of likely N-dealkylation sites (tertiary alicyclic amines) is 1. The van der Waals surface area contributed by atoms with Gasteiger partial charge in [-0.05, 0) is 84.4 Å². The molecule has 2 aromatic carbocycles. The molecule has 0 N–H and O–H groups in total. The van der Waals surface area contributed by atoms with Crippen LogP contribution in [0, 0.1) is 36.5 Å². The van der Waals surface area contributed by atoms with E-state index in [-0.39, 0.29) is 40.5 Å². The lowest BCUT2D eigenvalue weighted by molar-refractivity contribution is -0.130. The Balaban J connectivity index is 1.26. The van der Waals surface area contributed by atoms with Gasteiger partial charge < -0.3 is 18.9 Å². The van der Waals surface area contributed by atoms with Crippen LogP contribution in [0.25, 0.3) is 11.1 Å². The number of nitrogens with zero attached hydrogens (tertiary/aromatic N) is 4. The lowest BCUT2D eigenvalue weighted by Gasteiger charge is -2.41. The van der Waals surface area contributed by atoms with E-state index < -0.39 is 0 Å². The molecule has 0 aliphatic carbocycles. The highest BCUT2D eigenvalue weighted by molar-refractivity contribution is 5.97. The van der Waals surface area contributed by atoms with Crippen molar-refractivity contribution in [3.8, 4) is 28.7 Å². The molecule has 5 rings (SSSR count). The minimum atomic E-state index is -0.256. The Morgan fingerprint density at radius 1 is 1.06 bits per heavy atom. The van der Waals surface area contributed by atoms with Gasteiger partial charge in [0.1, 0.15) is 17.7 Å². The Hall–Kier alpha value is -4.35. The Kier molecular flexibility index (Phi) is 10.7. The summed E-state index contributed by atoms with van der Waals surface area (Å²) < 4.78 is 13.9. The summed E-state index contributed by atoms with van der Waals surface area (Å²) in [7, 11) is 3.45. The van der Waals surface area contributed by atoms with Crippen molar-refractivity contribution < 1.29 is 14.3 Å². The zero-order valence-electron chi connectivity index (χ0n) is 30.7. The van der Waals surface area contributed by atoms with Crippen molar-refractivity contribution in [3.05, 3.63) is 92.4 Å². The van der Waals surface area contributed by atoms with Gasteiger partial charge in [0, 0.05) is 50.6 Å². The van der Waals surface area contributed by atoms with Crippen LogP contribution in [0.1, 0.15) is 81.3 Å². The second kappa shape index (κ2) is 14.6. The molecule has 3 aromatic rings. The summed E-state index contributed by atoms with van der Waals surface area (Å²) in [6, 6.07) is 14.6. The first-order valence-electron chi connectivity index (χ1n) is 17.5. The van der Waals surface area contributed by atoms with Gasteiger partial charge in [-0.2, -0.15) is 5.26 Å². The van der Waals surface area contributed by atoms with E-state index in [4.69, 9.17) is 9.47 Å². The van der Waals surface area contributed by atoms with Gasteiger partial charge in [-0.15, -0.1) is 0 Å². The molecule has 1 saturated heterocycles. The number of aryl methyl sites for hydroxylation is 1. The molecular formula is C41H52N4O4. The van der Waals surface area contributed by atoms with Crippen molar-refractivity contribution >= 4 is 5.91 Å². The van der Waals surface area contributed by atoms with Gasteiger partial charge in [0.05, 0.1) is 13.2 Å². The first-order valence-corrected chi connectivity index (χ1v) is 17.5. The zero-order chi connectivity index (χ0) is 35.6. The van der Waals surface area contributed by atoms with E-state index in [1.165, 1.54) is 16.7 Å². The highest BCUT2D eigenvalue weighted by Gasteiger charge is 2.36. The molecule has 8 nitrogen and oxygen atoms in total. The van der Waals surface area contributed by atoms with E-state index >= 15 is 0 Å². The fourth-order valence-corrected chi connectivity index (χ4v) is 7.41. The fourth-order valence-electron chi connectivity index (χ4n) is 7.41. The lowest BCUT2D eigenvalue weighted by atomic mass is 9.83. The van der Waals surface area contributed by atoms with Crippen molar-refractivity contribution in [3.63, 3.8) is 0 Å². The zero-order valence-corrected chi connectivity index (χ0v) is 30.7. The molecule has 0 spiro atoms. The molecule has 3 heterocycles. The maximum Gasteiger partial charge on any atom is 0.264 e. The number of hydrogen-bond acceptors (Lipinski definition) is 6. The maximum atomic E-state index is 13.7. The van der Waals surface area contributed by atoms with E-state index in [9.17, 15) is 14.9 Å². The van der Waals surface area contributed by atoms with E-state index in [1.54, 1.807) is 24.8 Å². The van der Waals surface area contributed by atoms with Crippen LogP contribution in [0.4, 0.5) is 0 Å². The number of piperidine rings is 1. The van der Waals surface area contributed by atoms with Gasteiger partial charge in [-0.3, -0.25) is 14.5 Å². The summed E-state index contributed by atoms with van der Waals surface area (Å²) in [6.45, 7) is 17.5. The number of aromatic nitrogens is 1. The van der Waals surface area contributed by atoms with Crippen LogP contribution in [-0.4, -0.2) is 53.1 Å². The molecular weight excluding hydrogens is 612 g/mol. The SMILES string of the molecule is COc1cc(-c2cn(C)c(=O)c(C)c2C)ccc1OC1CCN(Cc2cccc3c2CCN(C(=O)C(C#N)=CC(C)(C)C)C3C(C)C)CC1. The molecule has 260 valence electrons. The number of pyridine rings is 1. The normalized spacial score (nSPS) is 17.5. The summed E-state index contributed by atoms with van der Waals surface area (Å²) in [5.74, 6) is 1.46. The molecule has 0 bridgehead atoms. The van der Waals surface area contributed by atoms with Crippen molar-refractivity contribution in [2.24, 2.45) is 18.4 Å². The van der Waals surface area contributed by atoms with E-state index in [2.05, 4.69) is 43.0 Å². The van der Waals surface area contributed by atoms with Crippen molar-refractivity contribution in [1.82, 2.24) is 14.4 Å². The van der Waals surface area contributed by atoms with Crippen LogP contribution < -0.4 is 15.0 Å². The molecule has 1 aromatic heterocycles. The summed E-state index contributed by atoms with van der Waals surface area (Å²) in [5, 5.41) is 9.86. The Labute approximate surface area is 291 Å². The number of carbonyl (C=O) groups is 1. The van der Waals surface area contributed by atoms with Gasteiger partial charge in [0.25, 0.3) is 11.5 Å². The summed E-state index contributed by atoms with van der Waals surface area (Å²) in [5.41, 5.74) is 7.57. The second-order valence-electron chi connectivity index (χ2n) is 15.1. The predicted octanol–water partition coefficient (Wildman–Crippen LogP) is 7.30. The number of fused-ring (bicyclic) bond motifs is 1. The van der Waals surface area contributed by atoms with Crippen molar-refractivity contribution in [2.75, 3.05) is 26.7 Å². The third-order valence-electron chi connectivity index (χ3n) is 10.0. The van der Waals surface area contributed by atoms with E-state index in [0.717, 1.165) is 66.9 Å². The topological polar surface area (TPSA) is 87.8 Å². The first-order chi connectivity index (χ1) is 23.2. The van der Waals surface area contributed by atoms with Crippen LogP contribution in [0.3, 0.4) is 0 Å². The van der Waals surface area contributed by atoms with Gasteiger partial charge >= 0.3 is 0 Å². The van der Waals surface area contributed by atoms with Crippen LogP contribution in [-0.2, 0) is 24.8 Å². The molecule has 0 radical (unpaired) electrons. The fraction of sp³-hybridized carbons (Fsp3) is 0.488. The molecule has 1 unspecified atom stereocenters. The number of ether oxygens (including phenoxy) is 2. The number of nitriles is 1. The number of allylic oxidation sites excluding steroid dienone is 1. The number of amides is 1. The average molecular weight is 665 g/mol. The predicted molar refractivity (Wildman–Crippen MR) is 195 cm³/mol. The highest BCUT2D eigenvalue weighted by Crippen LogP contribution is 2.39. The molecule has 1 amide bonds. The molecule has 2 aliphatic heterocycles. The van der Waals surface area contributed by atoms with Gasteiger partial charge in [0.2, 0.25) is 0 Å². The van der Waals surface area contributed by atoms with Crippen LogP contribution in [0.15, 0.2) is 59.0 Å². The molecule has 1 atom stereocenters. The van der Waals surface area contributed by atoms with Crippen LogP contribution in [0.2, 0.25) is 0 Å². The lowest BCUT2D eigenvalue weighted by Crippen LogP contribution is -2.43. The molecule has 1 fully saturated rings. The maximum absolute atomic E-state index is 13.7. The third kappa shape index (κ3) is 7.78. The number of methoxy groups -OCH3 is 1. The number of carbonyl (C=O) groups excluding carboxylic acids is 1. The summed E-state index contributed by atoms with van der Waals surface area (Å²) >= 11 is 0. The van der Waals surface area contributed by atoms with Gasteiger partial charge in [-0.25, -0.2) is 0 Å². The van der Waals surface area contributed by atoms with Gasteiger partial charge in [-0.1, -0.05) is 65.0 Å². The molecule has 8 heteroatoms. The Morgan fingerprint density at radius 3 is 2.41 bits per heavy atom. The minimum absolute atomic E-state index is 0.0179. The first kappa shape index (κ1) is 35.9. The number of benzene rings is 2. The van der Waals surface area contributed by atoms with Crippen LogP contribution >= 0.6 is 0 Å². The number of hydrogen-bond donors (Lipinski definition) is 0. The summed E-state index contributed by atoms with van der Waals surface area (Å²) in [4.78, 5) is 30.5. The second-order valence-corrected chi connectivity index (χ2v) is 15.1. The molecule has 0 saturated carbocycles. The Morgan fingerprint density at radius 2 is 1.78 bits per heavy atom. The smallest absolute Gasteiger partial charge is 0.264 e. The molecule has 49 heavy (non-hydrogen) atoms. The minimum Gasteiger partial charge on any atom is -0.493 e.